The van der Waals surface area contributed by atoms with Crippen LogP contribution >= 0.6 is 27.7 Å². The zero-order valence-electron chi connectivity index (χ0n) is 17.7. The highest BCUT2D eigenvalue weighted by Crippen LogP contribution is 2.43. The minimum Gasteiger partial charge on any atom is -0.393 e. The van der Waals surface area contributed by atoms with Gasteiger partial charge in [-0.15, -0.1) is 11.8 Å². The van der Waals surface area contributed by atoms with Crippen molar-refractivity contribution in [3.63, 3.8) is 0 Å². The molecule has 0 radical (unpaired) electrons. The zero-order chi connectivity index (χ0) is 21.5. The van der Waals surface area contributed by atoms with Crippen LogP contribution in [0.5, 0.6) is 0 Å². The maximum absolute atomic E-state index is 10.1. The maximum Gasteiger partial charge on any atom is 0.110 e. The van der Waals surface area contributed by atoms with Gasteiger partial charge in [-0.25, -0.2) is 0 Å². The summed E-state index contributed by atoms with van der Waals surface area (Å²) in [5.74, 6) is 3.24. The molecule has 0 saturated carbocycles. The van der Waals surface area contributed by atoms with Gasteiger partial charge in [0.05, 0.1) is 6.61 Å². The van der Waals surface area contributed by atoms with Crippen molar-refractivity contribution in [2.75, 3.05) is 12.4 Å². The van der Waals surface area contributed by atoms with Crippen molar-refractivity contribution in [1.29, 1.82) is 0 Å². The van der Waals surface area contributed by atoms with Crippen LogP contribution in [0.2, 0.25) is 0 Å². The van der Waals surface area contributed by atoms with Crippen LogP contribution in [0.3, 0.4) is 0 Å². The van der Waals surface area contributed by atoms with Gasteiger partial charge in [0, 0.05) is 10.6 Å². The molecule has 4 heteroatoms. The quantitative estimate of drug-likeness (QED) is 0.386. The SMILES string of the molecule is CBr.CC(C)c1ccc2c(c1)CSc1ccccc1C2OC(CO)c1ccccc1. The van der Waals surface area contributed by atoms with Crippen LogP contribution in [0.4, 0.5) is 0 Å². The van der Waals surface area contributed by atoms with Crippen LogP contribution in [-0.4, -0.2) is 17.5 Å². The number of aliphatic hydroxyl groups excluding tert-OH is 1. The van der Waals surface area contributed by atoms with E-state index in [1.165, 1.54) is 27.1 Å². The zero-order valence-corrected chi connectivity index (χ0v) is 20.1. The van der Waals surface area contributed by atoms with Gasteiger partial charge in [-0.1, -0.05) is 96.5 Å². The Labute approximate surface area is 192 Å². The molecule has 0 fully saturated rings. The molecule has 0 aliphatic carbocycles. The van der Waals surface area contributed by atoms with E-state index in [9.17, 15) is 5.11 Å². The molecule has 1 heterocycles. The standard InChI is InChI=1S/C25H26O2S.CH3Br/c1-17(2)19-12-13-21-20(14-19)16-28-24-11-7-6-10-22(24)25(21)27-23(15-26)18-8-4-3-5-9-18;1-2/h3-14,17,23,25-26H,15-16H2,1-2H3;1H3. The first-order chi connectivity index (χ1) is 14.7. The number of hydrogen-bond donors (Lipinski definition) is 1. The molecule has 0 spiro atoms. The van der Waals surface area contributed by atoms with E-state index in [-0.39, 0.29) is 18.8 Å². The third-order valence-electron chi connectivity index (χ3n) is 5.34. The van der Waals surface area contributed by atoms with Crippen molar-refractivity contribution in [2.24, 2.45) is 0 Å². The van der Waals surface area contributed by atoms with Gasteiger partial charge in [0.15, 0.2) is 0 Å². The van der Waals surface area contributed by atoms with Crippen LogP contribution in [0.1, 0.15) is 59.8 Å². The Bertz CT molecular complexity index is 943. The van der Waals surface area contributed by atoms with Crippen LogP contribution in [0.15, 0.2) is 77.7 Å². The molecule has 30 heavy (non-hydrogen) atoms. The van der Waals surface area contributed by atoms with E-state index < -0.39 is 0 Å². The number of halogens is 1. The van der Waals surface area contributed by atoms with E-state index in [0.29, 0.717) is 5.92 Å². The molecule has 158 valence electrons. The van der Waals surface area contributed by atoms with Gasteiger partial charge in [-0.2, -0.15) is 0 Å². The highest BCUT2D eigenvalue weighted by molar-refractivity contribution is 9.08. The predicted octanol–water partition coefficient (Wildman–Crippen LogP) is 7.27. The van der Waals surface area contributed by atoms with Gasteiger partial charge in [0.25, 0.3) is 0 Å². The molecule has 3 aromatic rings. The monoisotopic (exact) mass is 484 g/mol. The fourth-order valence-corrected chi connectivity index (χ4v) is 4.80. The number of ether oxygens (including phenoxy) is 1. The fraction of sp³-hybridized carbons (Fsp3) is 0.308. The molecular weight excluding hydrogens is 456 g/mol. The molecule has 3 aromatic carbocycles. The lowest BCUT2D eigenvalue weighted by Gasteiger charge is -2.26. The number of alkyl halides is 1. The third-order valence-corrected chi connectivity index (χ3v) is 6.48. The normalized spacial score (nSPS) is 16.0. The molecule has 0 bridgehead atoms. The van der Waals surface area contributed by atoms with Gasteiger partial charge in [-0.05, 0) is 45.6 Å². The van der Waals surface area contributed by atoms with Crippen molar-refractivity contribution in [2.45, 2.75) is 42.6 Å². The Hall–Kier alpha value is -1.59. The summed E-state index contributed by atoms with van der Waals surface area (Å²) < 4.78 is 6.60. The summed E-state index contributed by atoms with van der Waals surface area (Å²) >= 11 is 4.80. The largest absolute Gasteiger partial charge is 0.393 e. The van der Waals surface area contributed by atoms with E-state index in [1.54, 1.807) is 0 Å². The molecule has 2 unspecified atom stereocenters. The minimum atomic E-state index is -0.361. The van der Waals surface area contributed by atoms with Crippen molar-refractivity contribution < 1.29 is 9.84 Å². The van der Waals surface area contributed by atoms with E-state index in [0.717, 1.165) is 11.3 Å². The van der Waals surface area contributed by atoms with Crippen LogP contribution in [0.25, 0.3) is 0 Å². The lowest BCUT2D eigenvalue weighted by molar-refractivity contribution is -0.0260. The Morgan fingerprint density at radius 3 is 2.33 bits per heavy atom. The van der Waals surface area contributed by atoms with E-state index in [1.807, 2.05) is 47.9 Å². The number of fused-ring (bicyclic) bond motifs is 2. The Kier molecular flexibility index (Phi) is 8.58. The summed E-state index contributed by atoms with van der Waals surface area (Å²) in [5.41, 5.74) is 6.06. The van der Waals surface area contributed by atoms with Crippen LogP contribution < -0.4 is 0 Å². The summed E-state index contributed by atoms with van der Waals surface area (Å²) in [6.07, 6.45) is -0.556. The first kappa shape index (κ1) is 23.1. The van der Waals surface area contributed by atoms with E-state index >= 15 is 0 Å². The molecule has 2 atom stereocenters. The van der Waals surface area contributed by atoms with Gasteiger partial charge >= 0.3 is 0 Å². The third kappa shape index (κ3) is 5.17. The molecular formula is C26H29BrO2S. The van der Waals surface area contributed by atoms with Gasteiger partial charge in [0.1, 0.15) is 12.2 Å². The second kappa shape index (κ2) is 11.1. The highest BCUT2D eigenvalue weighted by atomic mass is 79.9. The van der Waals surface area contributed by atoms with Gasteiger partial charge < -0.3 is 9.84 Å². The fourth-order valence-electron chi connectivity index (χ4n) is 3.72. The highest BCUT2D eigenvalue weighted by Gasteiger charge is 2.28. The average Bonchev–Trinajstić information content (AvgIpc) is 2.96. The molecule has 0 amide bonds. The Morgan fingerprint density at radius 1 is 0.933 bits per heavy atom. The maximum atomic E-state index is 10.1. The Morgan fingerprint density at radius 2 is 1.63 bits per heavy atom. The molecule has 1 aliphatic rings. The van der Waals surface area contributed by atoms with Crippen LogP contribution in [-0.2, 0) is 10.5 Å². The Balaban J connectivity index is 0.00000124. The van der Waals surface area contributed by atoms with E-state index in [4.69, 9.17) is 4.74 Å². The second-order valence-electron chi connectivity index (χ2n) is 7.54. The topological polar surface area (TPSA) is 29.5 Å². The van der Waals surface area contributed by atoms with Crippen LogP contribution in [0, 0.1) is 0 Å². The van der Waals surface area contributed by atoms with E-state index in [2.05, 4.69) is 72.2 Å². The second-order valence-corrected chi connectivity index (χ2v) is 8.55. The number of aliphatic hydroxyl groups is 1. The first-order valence-corrected chi connectivity index (χ1v) is 12.8. The lowest BCUT2D eigenvalue weighted by atomic mass is 9.92. The summed E-state index contributed by atoms with van der Waals surface area (Å²) in [6.45, 7) is 4.41. The summed E-state index contributed by atoms with van der Waals surface area (Å²) in [6, 6.07) is 25.2. The predicted molar refractivity (Wildman–Crippen MR) is 131 cm³/mol. The molecule has 0 aromatic heterocycles. The number of rotatable bonds is 5. The molecule has 4 rings (SSSR count). The summed E-state index contributed by atoms with van der Waals surface area (Å²) in [7, 11) is 0. The number of hydrogen-bond acceptors (Lipinski definition) is 3. The van der Waals surface area contributed by atoms with Crippen molar-refractivity contribution >= 4 is 27.7 Å². The average molecular weight is 485 g/mol. The molecule has 1 N–H and O–H groups in total. The van der Waals surface area contributed by atoms with Gasteiger partial charge in [0.2, 0.25) is 0 Å². The number of benzene rings is 3. The smallest absolute Gasteiger partial charge is 0.110 e. The van der Waals surface area contributed by atoms with Gasteiger partial charge in [-0.3, -0.25) is 0 Å². The molecule has 2 nitrogen and oxygen atoms in total. The molecule has 0 saturated heterocycles. The molecule has 1 aliphatic heterocycles. The number of thioether (sulfide) groups is 1. The lowest BCUT2D eigenvalue weighted by Crippen LogP contribution is -2.16. The first-order valence-electron chi connectivity index (χ1n) is 10.2. The van der Waals surface area contributed by atoms with Crippen molar-refractivity contribution in [1.82, 2.24) is 0 Å². The van der Waals surface area contributed by atoms with Crippen molar-refractivity contribution in [3.05, 3.63) is 101 Å². The summed E-state index contributed by atoms with van der Waals surface area (Å²) in [4.78, 5) is 1.25. The minimum absolute atomic E-state index is 0.0464. The van der Waals surface area contributed by atoms with Crippen molar-refractivity contribution in [3.8, 4) is 0 Å². The summed E-state index contributed by atoms with van der Waals surface area (Å²) in [5, 5.41) is 10.1.